The number of hydrogen-bond acceptors (Lipinski definition) is 3. The Hall–Kier alpha value is -1.88. The van der Waals surface area contributed by atoms with E-state index in [4.69, 9.17) is 11.6 Å². The smallest absolute Gasteiger partial charge is 0.243 e. The van der Waals surface area contributed by atoms with Crippen LogP contribution in [0.25, 0.3) is 0 Å². The fraction of sp³-hybridized carbons (Fsp3) is 0.550. The quantitative estimate of drug-likeness (QED) is 0.867. The van der Waals surface area contributed by atoms with Crippen LogP contribution in [0.4, 0.5) is 0 Å². The average molecular weight is 376 g/mol. The Labute approximate surface area is 159 Å². The Morgan fingerprint density at radius 1 is 1.08 bits per heavy atom. The molecule has 140 valence electrons. The summed E-state index contributed by atoms with van der Waals surface area (Å²) in [6.07, 6.45) is 9.11. The van der Waals surface area contributed by atoms with Crippen LogP contribution < -0.4 is 5.32 Å². The lowest BCUT2D eigenvalue weighted by atomic mass is 9.97. The summed E-state index contributed by atoms with van der Waals surface area (Å²) in [4.78, 5) is 24.6. The molecule has 2 amide bonds. The van der Waals surface area contributed by atoms with E-state index < -0.39 is 0 Å². The molecule has 1 fully saturated rings. The fourth-order valence-electron chi connectivity index (χ4n) is 3.58. The van der Waals surface area contributed by atoms with Gasteiger partial charge in [0.05, 0.1) is 5.71 Å². The first-order valence-electron chi connectivity index (χ1n) is 9.55. The van der Waals surface area contributed by atoms with Gasteiger partial charge in [-0.15, -0.1) is 0 Å². The molecule has 0 spiro atoms. The lowest BCUT2D eigenvalue weighted by Gasteiger charge is -2.25. The maximum Gasteiger partial charge on any atom is 0.243 e. The number of rotatable bonds is 4. The monoisotopic (exact) mass is 375 g/mol. The molecular weight excluding hydrogens is 350 g/mol. The zero-order valence-electron chi connectivity index (χ0n) is 15.0. The SMILES string of the molecule is O=C(CN1N=C(c2ccc(Cl)cc2)CCC1=O)NC1CCCCCCC1. The Morgan fingerprint density at radius 3 is 2.42 bits per heavy atom. The fourth-order valence-corrected chi connectivity index (χ4v) is 3.71. The molecule has 0 unspecified atom stereocenters. The van der Waals surface area contributed by atoms with Gasteiger partial charge in [0.15, 0.2) is 0 Å². The van der Waals surface area contributed by atoms with Crippen molar-refractivity contribution in [1.82, 2.24) is 10.3 Å². The lowest BCUT2D eigenvalue weighted by molar-refractivity contribution is -0.136. The number of hydrogen-bond donors (Lipinski definition) is 1. The molecule has 2 aliphatic rings. The summed E-state index contributed by atoms with van der Waals surface area (Å²) >= 11 is 5.93. The number of halogens is 1. The van der Waals surface area contributed by atoms with Crippen LogP contribution >= 0.6 is 11.6 Å². The number of hydrazone groups is 1. The number of carbonyl (C=O) groups is 2. The molecule has 0 aromatic heterocycles. The number of amides is 2. The molecule has 1 saturated carbocycles. The van der Waals surface area contributed by atoms with E-state index in [9.17, 15) is 9.59 Å². The molecule has 0 bridgehead atoms. The van der Waals surface area contributed by atoms with E-state index in [0.717, 1.165) is 37.0 Å². The van der Waals surface area contributed by atoms with Gasteiger partial charge in [0.2, 0.25) is 11.8 Å². The second-order valence-electron chi connectivity index (χ2n) is 7.11. The van der Waals surface area contributed by atoms with Crippen molar-refractivity contribution in [3.05, 3.63) is 34.9 Å². The molecule has 26 heavy (non-hydrogen) atoms. The van der Waals surface area contributed by atoms with E-state index in [-0.39, 0.29) is 24.4 Å². The topological polar surface area (TPSA) is 61.8 Å². The summed E-state index contributed by atoms with van der Waals surface area (Å²) in [5, 5.41) is 9.50. The molecule has 0 radical (unpaired) electrons. The standard InChI is InChI=1S/C20H26ClN3O2/c21-16-10-8-15(9-11-16)18-12-13-20(26)24(23-18)14-19(25)22-17-6-4-2-1-3-5-7-17/h8-11,17H,1-7,12-14H2,(H,22,25). The normalized spacial score (nSPS) is 19.5. The molecule has 1 N–H and O–H groups in total. The lowest BCUT2D eigenvalue weighted by Crippen LogP contribution is -2.44. The minimum absolute atomic E-state index is 0.00752. The first-order valence-corrected chi connectivity index (χ1v) is 9.93. The van der Waals surface area contributed by atoms with E-state index in [0.29, 0.717) is 17.9 Å². The third-order valence-electron chi connectivity index (χ3n) is 5.05. The molecule has 0 saturated heterocycles. The van der Waals surface area contributed by atoms with Gasteiger partial charge in [0.25, 0.3) is 0 Å². The predicted octanol–water partition coefficient (Wildman–Crippen LogP) is 3.90. The van der Waals surface area contributed by atoms with Crippen molar-refractivity contribution in [3.8, 4) is 0 Å². The summed E-state index contributed by atoms with van der Waals surface area (Å²) in [6, 6.07) is 7.62. The zero-order chi connectivity index (χ0) is 18.4. The van der Waals surface area contributed by atoms with Crippen LogP contribution in [0.3, 0.4) is 0 Å². The van der Waals surface area contributed by atoms with Crippen molar-refractivity contribution < 1.29 is 9.59 Å². The van der Waals surface area contributed by atoms with Crippen LogP contribution in [-0.4, -0.2) is 35.1 Å². The summed E-state index contributed by atoms with van der Waals surface area (Å²) in [7, 11) is 0. The van der Waals surface area contributed by atoms with Gasteiger partial charge >= 0.3 is 0 Å². The first-order chi connectivity index (χ1) is 12.6. The highest BCUT2D eigenvalue weighted by molar-refractivity contribution is 6.30. The highest BCUT2D eigenvalue weighted by Crippen LogP contribution is 2.19. The number of nitrogens with zero attached hydrogens (tertiary/aromatic N) is 2. The van der Waals surface area contributed by atoms with Crippen LogP contribution in [0.5, 0.6) is 0 Å². The number of benzene rings is 1. The molecule has 5 nitrogen and oxygen atoms in total. The minimum atomic E-state index is -0.120. The van der Waals surface area contributed by atoms with Crippen molar-refractivity contribution in [2.45, 2.75) is 63.8 Å². The molecule has 6 heteroatoms. The van der Waals surface area contributed by atoms with Crippen LogP contribution in [0.2, 0.25) is 5.02 Å². The number of nitrogens with one attached hydrogen (secondary N) is 1. The minimum Gasteiger partial charge on any atom is -0.352 e. The van der Waals surface area contributed by atoms with E-state index in [1.165, 1.54) is 24.3 Å². The van der Waals surface area contributed by atoms with Gasteiger partial charge in [0, 0.05) is 23.9 Å². The highest BCUT2D eigenvalue weighted by Gasteiger charge is 2.24. The maximum absolute atomic E-state index is 12.4. The van der Waals surface area contributed by atoms with Crippen LogP contribution in [0, 0.1) is 0 Å². The first kappa shape index (κ1) is 18.9. The van der Waals surface area contributed by atoms with Gasteiger partial charge in [-0.3, -0.25) is 9.59 Å². The zero-order valence-corrected chi connectivity index (χ0v) is 15.8. The summed E-state index contributed by atoms with van der Waals surface area (Å²) < 4.78 is 0. The predicted molar refractivity (Wildman–Crippen MR) is 103 cm³/mol. The largest absolute Gasteiger partial charge is 0.352 e. The van der Waals surface area contributed by atoms with Crippen LogP contribution in [0.15, 0.2) is 29.4 Å². The average Bonchev–Trinajstić information content (AvgIpc) is 2.60. The summed E-state index contributed by atoms with van der Waals surface area (Å²) in [5.41, 5.74) is 1.76. The van der Waals surface area contributed by atoms with Crippen molar-refractivity contribution >= 4 is 29.1 Å². The van der Waals surface area contributed by atoms with Gasteiger partial charge in [-0.2, -0.15) is 5.10 Å². The third kappa shape index (κ3) is 5.31. The molecule has 1 aliphatic heterocycles. The van der Waals surface area contributed by atoms with Gasteiger partial charge in [-0.05, 0) is 30.5 Å². The molecule has 1 aromatic carbocycles. The van der Waals surface area contributed by atoms with E-state index in [1.807, 2.05) is 24.3 Å². The van der Waals surface area contributed by atoms with Gasteiger partial charge < -0.3 is 5.32 Å². The van der Waals surface area contributed by atoms with Crippen molar-refractivity contribution in [2.75, 3.05) is 6.54 Å². The Kier molecular flexibility index (Phi) is 6.67. The van der Waals surface area contributed by atoms with Gasteiger partial charge in [-0.25, -0.2) is 5.01 Å². The molecule has 0 atom stereocenters. The van der Waals surface area contributed by atoms with E-state index in [2.05, 4.69) is 10.4 Å². The number of carbonyl (C=O) groups excluding carboxylic acids is 2. The second kappa shape index (κ2) is 9.17. The Balaban J connectivity index is 1.61. The second-order valence-corrected chi connectivity index (χ2v) is 7.55. The maximum atomic E-state index is 12.4. The highest BCUT2D eigenvalue weighted by atomic mass is 35.5. The molecule has 3 rings (SSSR count). The van der Waals surface area contributed by atoms with Crippen LogP contribution in [0.1, 0.15) is 63.4 Å². The van der Waals surface area contributed by atoms with Crippen molar-refractivity contribution in [3.63, 3.8) is 0 Å². The van der Waals surface area contributed by atoms with E-state index in [1.54, 1.807) is 0 Å². The summed E-state index contributed by atoms with van der Waals surface area (Å²) in [5.74, 6) is -0.222. The molecule has 1 heterocycles. The van der Waals surface area contributed by atoms with Gasteiger partial charge in [-0.1, -0.05) is 55.8 Å². The van der Waals surface area contributed by atoms with Gasteiger partial charge in [0.1, 0.15) is 6.54 Å². The Morgan fingerprint density at radius 2 is 1.73 bits per heavy atom. The Bertz CT molecular complexity index is 664. The van der Waals surface area contributed by atoms with Crippen molar-refractivity contribution in [2.24, 2.45) is 5.10 Å². The summed E-state index contributed by atoms with van der Waals surface area (Å²) in [6.45, 7) is -0.00752. The molecule has 1 aromatic rings. The molecule has 1 aliphatic carbocycles. The third-order valence-corrected chi connectivity index (χ3v) is 5.30. The van der Waals surface area contributed by atoms with Crippen molar-refractivity contribution in [1.29, 1.82) is 0 Å². The van der Waals surface area contributed by atoms with Crippen LogP contribution in [-0.2, 0) is 9.59 Å². The van der Waals surface area contributed by atoms with E-state index >= 15 is 0 Å². The molecular formula is C20H26ClN3O2.